The highest BCUT2D eigenvalue weighted by Gasteiger charge is 2.08. The highest BCUT2D eigenvalue weighted by atomic mass is 19.1. The monoisotopic (exact) mass is 263 g/mol. The summed E-state index contributed by atoms with van der Waals surface area (Å²) in [4.78, 5) is 9.81. The predicted octanol–water partition coefficient (Wildman–Crippen LogP) is 3.76. The van der Waals surface area contributed by atoms with E-state index in [1.165, 1.54) is 18.8 Å². The number of unbranched alkanes of at least 4 members (excludes halogenated alkanes) is 3. The fourth-order valence-electron chi connectivity index (χ4n) is 2.14. The van der Waals surface area contributed by atoms with Crippen molar-refractivity contribution in [2.45, 2.75) is 32.1 Å². The van der Waals surface area contributed by atoms with Crippen LogP contribution >= 0.6 is 0 Å². The van der Waals surface area contributed by atoms with Gasteiger partial charge in [-0.05, 0) is 18.9 Å². The first-order valence-corrected chi connectivity index (χ1v) is 6.46. The average molecular weight is 263 g/mol. The summed E-state index contributed by atoms with van der Waals surface area (Å²) < 4.78 is 23.4. The van der Waals surface area contributed by atoms with Gasteiger partial charge in [0.15, 0.2) is 0 Å². The lowest BCUT2D eigenvalue weighted by molar-refractivity contribution is 0.268. The van der Waals surface area contributed by atoms with Crippen LogP contribution in [0.2, 0.25) is 0 Å². The summed E-state index contributed by atoms with van der Waals surface area (Å²) in [5, 5.41) is 1.41. The van der Waals surface area contributed by atoms with Crippen molar-refractivity contribution >= 4 is 17.2 Å². The van der Waals surface area contributed by atoms with Gasteiger partial charge < -0.3 is 9.15 Å². The summed E-state index contributed by atoms with van der Waals surface area (Å²) in [6.07, 6.45) is 6.13. The highest BCUT2D eigenvalue weighted by Crippen LogP contribution is 2.25. The van der Waals surface area contributed by atoms with Gasteiger partial charge in [0.05, 0.1) is 12.0 Å². The smallest absolute Gasteiger partial charge is 0.417 e. The second-order valence-electron chi connectivity index (χ2n) is 4.46. The molecule has 0 saturated heterocycles. The zero-order chi connectivity index (χ0) is 13.5. The van der Waals surface area contributed by atoms with Crippen molar-refractivity contribution in [2.75, 3.05) is 6.61 Å². The van der Waals surface area contributed by atoms with E-state index in [0.717, 1.165) is 43.3 Å². The highest BCUT2D eigenvalue weighted by molar-refractivity contribution is 5.84. The van der Waals surface area contributed by atoms with Crippen LogP contribution in [0.25, 0.3) is 10.8 Å². The summed E-state index contributed by atoms with van der Waals surface area (Å²) in [6, 6.07) is 5.01. The molecular weight excluding hydrogens is 247 g/mol. The van der Waals surface area contributed by atoms with Crippen LogP contribution in [0.3, 0.4) is 0 Å². The van der Waals surface area contributed by atoms with Crippen molar-refractivity contribution in [3.8, 4) is 0 Å². The maximum atomic E-state index is 13.5. The van der Waals surface area contributed by atoms with E-state index in [-0.39, 0.29) is 5.82 Å². The Labute approximate surface area is 111 Å². The van der Waals surface area contributed by atoms with Crippen molar-refractivity contribution in [1.29, 1.82) is 0 Å². The van der Waals surface area contributed by atoms with Crippen molar-refractivity contribution in [3.05, 3.63) is 36.0 Å². The Hall–Kier alpha value is -1.84. The maximum Gasteiger partial charge on any atom is 0.417 e. The van der Waals surface area contributed by atoms with E-state index in [1.54, 1.807) is 6.07 Å². The van der Waals surface area contributed by atoms with Gasteiger partial charge in [0, 0.05) is 11.8 Å². The predicted molar refractivity (Wildman–Crippen MR) is 70.0 cm³/mol. The molecule has 0 bridgehead atoms. The fraction of sp³-hybridized carbons (Fsp3) is 0.400. The molecule has 0 aliphatic rings. The number of aryl methyl sites for hydroxylation is 1. The molecule has 1 aromatic carbocycles. The van der Waals surface area contributed by atoms with Crippen LogP contribution in [0.5, 0.6) is 0 Å². The first-order chi connectivity index (χ1) is 9.33. The summed E-state index contributed by atoms with van der Waals surface area (Å²) in [5.74, 6) is 0.599. The molecule has 2 rings (SSSR count). The molecule has 0 N–H and O–H groups in total. The molecule has 1 radical (unpaired) electrons. The second-order valence-corrected chi connectivity index (χ2v) is 4.46. The summed E-state index contributed by atoms with van der Waals surface area (Å²) in [7, 11) is 0. The van der Waals surface area contributed by atoms with Crippen LogP contribution < -0.4 is 0 Å². The molecule has 0 aliphatic heterocycles. The van der Waals surface area contributed by atoms with E-state index in [4.69, 9.17) is 4.42 Å². The minimum atomic E-state index is -0.241. The maximum absolute atomic E-state index is 13.5. The van der Waals surface area contributed by atoms with Crippen LogP contribution in [0.15, 0.2) is 28.9 Å². The van der Waals surface area contributed by atoms with Gasteiger partial charge in [0.2, 0.25) is 0 Å². The van der Waals surface area contributed by atoms with E-state index < -0.39 is 0 Å². The quantitative estimate of drug-likeness (QED) is 0.681. The minimum absolute atomic E-state index is 0.241. The molecule has 0 spiro atoms. The molecular formula is C15H16FO3. The van der Waals surface area contributed by atoms with E-state index in [1.807, 2.05) is 6.07 Å². The number of halogens is 1. The Bertz CT molecular complexity index is 533. The molecule has 1 heterocycles. The number of rotatable bonds is 8. The number of ether oxygens (including phenoxy) is 1. The normalized spacial score (nSPS) is 10.8. The standard InChI is InChI=1S/C15H16FO3/c16-14-7-5-6-12-13(14)10-19-15(12)8-3-1-2-4-9-18-11-17/h5-7,10H,1-4,8-9H2. The van der Waals surface area contributed by atoms with Gasteiger partial charge >= 0.3 is 6.47 Å². The van der Waals surface area contributed by atoms with Gasteiger partial charge in [0.25, 0.3) is 0 Å². The Morgan fingerprint density at radius 3 is 2.84 bits per heavy atom. The third-order valence-corrected chi connectivity index (χ3v) is 3.13. The largest absolute Gasteiger partial charge is 0.468 e. The Kier molecular flexibility index (Phi) is 4.95. The topological polar surface area (TPSA) is 39.4 Å². The SMILES string of the molecule is O=[C]OCCCCCCc1occ2c(F)cccc12. The Morgan fingerprint density at radius 2 is 2.00 bits per heavy atom. The van der Waals surface area contributed by atoms with Crippen LogP contribution in [-0.4, -0.2) is 13.1 Å². The molecule has 0 unspecified atom stereocenters. The number of benzene rings is 1. The third kappa shape index (κ3) is 3.56. The molecule has 0 amide bonds. The van der Waals surface area contributed by atoms with E-state index in [0.29, 0.717) is 12.0 Å². The average Bonchev–Trinajstić information content (AvgIpc) is 2.83. The Morgan fingerprint density at radius 1 is 1.16 bits per heavy atom. The number of hydrogen-bond donors (Lipinski definition) is 0. The molecule has 0 aliphatic carbocycles. The molecule has 0 saturated carbocycles. The minimum Gasteiger partial charge on any atom is -0.468 e. The molecule has 0 fully saturated rings. The molecule has 0 atom stereocenters. The van der Waals surface area contributed by atoms with Crippen LogP contribution in [-0.2, 0) is 16.0 Å². The molecule has 1 aromatic heterocycles. The molecule has 3 nitrogen and oxygen atoms in total. The lowest BCUT2D eigenvalue weighted by Gasteiger charge is -2.00. The van der Waals surface area contributed by atoms with Crippen molar-refractivity contribution in [2.24, 2.45) is 0 Å². The first kappa shape index (κ1) is 13.6. The third-order valence-electron chi connectivity index (χ3n) is 3.13. The number of carbonyl (C=O) groups excluding carboxylic acids is 1. The van der Waals surface area contributed by atoms with Gasteiger partial charge in [-0.25, -0.2) is 9.18 Å². The zero-order valence-corrected chi connectivity index (χ0v) is 10.7. The number of furan rings is 1. The van der Waals surface area contributed by atoms with Crippen molar-refractivity contribution in [3.63, 3.8) is 0 Å². The zero-order valence-electron chi connectivity index (χ0n) is 10.7. The van der Waals surface area contributed by atoms with Crippen molar-refractivity contribution < 1.29 is 18.3 Å². The fourth-order valence-corrected chi connectivity index (χ4v) is 2.14. The van der Waals surface area contributed by atoms with Gasteiger partial charge in [-0.2, -0.15) is 0 Å². The molecule has 101 valence electrons. The molecule has 4 heteroatoms. The van der Waals surface area contributed by atoms with Crippen LogP contribution in [0.1, 0.15) is 31.4 Å². The number of hydrogen-bond acceptors (Lipinski definition) is 3. The van der Waals surface area contributed by atoms with Gasteiger partial charge in [-0.3, -0.25) is 0 Å². The van der Waals surface area contributed by atoms with Gasteiger partial charge in [-0.15, -0.1) is 0 Å². The lowest BCUT2D eigenvalue weighted by Crippen LogP contribution is -1.92. The number of fused-ring (bicyclic) bond motifs is 1. The van der Waals surface area contributed by atoms with E-state index in [9.17, 15) is 9.18 Å². The van der Waals surface area contributed by atoms with Gasteiger partial charge in [-0.1, -0.05) is 25.0 Å². The molecule has 2 aromatic rings. The lowest BCUT2D eigenvalue weighted by atomic mass is 10.1. The molecule has 19 heavy (non-hydrogen) atoms. The summed E-state index contributed by atoms with van der Waals surface area (Å²) in [6.45, 7) is 1.83. The van der Waals surface area contributed by atoms with Crippen molar-refractivity contribution in [1.82, 2.24) is 0 Å². The first-order valence-electron chi connectivity index (χ1n) is 6.46. The summed E-state index contributed by atoms with van der Waals surface area (Å²) >= 11 is 0. The van der Waals surface area contributed by atoms with Crippen LogP contribution in [0, 0.1) is 5.82 Å². The van der Waals surface area contributed by atoms with Crippen LogP contribution in [0.4, 0.5) is 4.39 Å². The van der Waals surface area contributed by atoms with E-state index >= 15 is 0 Å². The van der Waals surface area contributed by atoms with Gasteiger partial charge in [0.1, 0.15) is 17.8 Å². The van der Waals surface area contributed by atoms with E-state index in [2.05, 4.69) is 4.74 Å². The Balaban J connectivity index is 1.79. The summed E-state index contributed by atoms with van der Waals surface area (Å²) in [5.41, 5.74) is 0. The second kappa shape index (κ2) is 6.92.